The Bertz CT molecular complexity index is 651. The molecule has 0 saturated heterocycles. The largest absolute Gasteiger partial charge is 0.457 e. The van der Waals surface area contributed by atoms with E-state index >= 15 is 0 Å². The number of carbonyl (C=O) groups is 1. The normalized spacial score (nSPS) is 12.5. The van der Waals surface area contributed by atoms with Crippen molar-refractivity contribution in [2.24, 2.45) is 0 Å². The Morgan fingerprint density at radius 3 is 2.90 bits per heavy atom. The molecule has 0 N–H and O–H groups in total. The van der Waals surface area contributed by atoms with Crippen molar-refractivity contribution < 1.29 is 14.3 Å². The third-order valence-electron chi connectivity index (χ3n) is 2.68. The minimum Gasteiger partial charge on any atom is -0.457 e. The summed E-state index contributed by atoms with van der Waals surface area (Å²) in [5.74, 6) is -0.350. The van der Waals surface area contributed by atoms with Crippen LogP contribution in [0.1, 0.15) is 0 Å². The number of aromatic nitrogens is 1. The lowest BCUT2D eigenvalue weighted by molar-refractivity contribution is -0.150. The highest BCUT2D eigenvalue weighted by Crippen LogP contribution is 2.16. The van der Waals surface area contributed by atoms with Gasteiger partial charge in [0.1, 0.15) is 12.6 Å². The van der Waals surface area contributed by atoms with Crippen LogP contribution < -0.4 is 4.87 Å². The molecule has 0 unspecified atom stereocenters. The lowest BCUT2D eigenvalue weighted by Crippen LogP contribution is -2.28. The first-order chi connectivity index (χ1) is 9.65. The lowest BCUT2D eigenvalue weighted by Gasteiger charge is -2.14. The molecule has 0 aliphatic heterocycles. The highest BCUT2D eigenvalue weighted by atomic mass is 35.5. The molecule has 0 radical (unpaired) electrons. The van der Waals surface area contributed by atoms with E-state index in [2.05, 4.69) is 0 Å². The molecular weight excluding hydrogens is 302 g/mol. The number of rotatable bonds is 6. The summed E-state index contributed by atoms with van der Waals surface area (Å²) in [5.41, 5.74) is 0.730. The van der Waals surface area contributed by atoms with Crippen LogP contribution in [0.15, 0.2) is 29.1 Å². The molecule has 7 heteroatoms. The zero-order valence-electron chi connectivity index (χ0n) is 10.9. The van der Waals surface area contributed by atoms with Crippen LogP contribution in [0.2, 0.25) is 0 Å². The van der Waals surface area contributed by atoms with E-state index in [0.717, 1.165) is 21.6 Å². The molecule has 0 aliphatic carbocycles. The van der Waals surface area contributed by atoms with Gasteiger partial charge in [-0.2, -0.15) is 0 Å². The van der Waals surface area contributed by atoms with Gasteiger partial charge in [-0.3, -0.25) is 14.2 Å². The molecule has 2 rings (SSSR count). The Hall–Kier alpha value is -1.37. The molecule has 1 atom stereocenters. The fourth-order valence-corrected chi connectivity index (χ4v) is 2.85. The second-order valence-corrected chi connectivity index (χ2v) is 5.45. The number of methoxy groups -OCH3 is 1. The van der Waals surface area contributed by atoms with Crippen LogP contribution in [0.25, 0.3) is 10.2 Å². The Balaban J connectivity index is 2.14. The van der Waals surface area contributed by atoms with Gasteiger partial charge in [0.2, 0.25) is 0 Å². The van der Waals surface area contributed by atoms with Gasteiger partial charge in [-0.05, 0) is 12.1 Å². The number of carbonyl (C=O) groups excluding carboxylic acids is 1. The minimum atomic E-state index is -0.505. The highest BCUT2D eigenvalue weighted by Gasteiger charge is 2.16. The van der Waals surface area contributed by atoms with Crippen LogP contribution in [-0.4, -0.2) is 36.2 Å². The summed E-state index contributed by atoms with van der Waals surface area (Å²) >= 11 is 6.78. The van der Waals surface area contributed by atoms with Crippen LogP contribution in [0, 0.1) is 0 Å². The van der Waals surface area contributed by atoms with Crippen molar-refractivity contribution >= 4 is 39.1 Å². The van der Waals surface area contributed by atoms with Crippen molar-refractivity contribution in [2.45, 2.75) is 12.6 Å². The zero-order chi connectivity index (χ0) is 14.5. The maximum absolute atomic E-state index is 11.9. The van der Waals surface area contributed by atoms with Crippen molar-refractivity contribution in [2.75, 3.05) is 19.6 Å². The molecule has 1 aromatic carbocycles. The van der Waals surface area contributed by atoms with E-state index in [1.165, 1.54) is 11.7 Å². The number of nitrogens with zero attached hydrogens (tertiary/aromatic N) is 1. The SMILES string of the molecule is COC[C@@H](CCl)OC(=O)Cn1c(=O)sc2ccccc21. The van der Waals surface area contributed by atoms with E-state index in [-0.39, 0.29) is 23.9 Å². The van der Waals surface area contributed by atoms with Gasteiger partial charge in [0.15, 0.2) is 0 Å². The van der Waals surface area contributed by atoms with Gasteiger partial charge in [0.25, 0.3) is 0 Å². The van der Waals surface area contributed by atoms with Crippen LogP contribution in [0.4, 0.5) is 0 Å². The van der Waals surface area contributed by atoms with Crippen LogP contribution in [-0.2, 0) is 20.8 Å². The molecule has 0 spiro atoms. The Morgan fingerprint density at radius 1 is 1.45 bits per heavy atom. The maximum Gasteiger partial charge on any atom is 0.326 e. The average Bonchev–Trinajstić information content (AvgIpc) is 2.75. The number of hydrogen-bond acceptors (Lipinski definition) is 5. The Labute approximate surface area is 124 Å². The van der Waals surface area contributed by atoms with Gasteiger partial charge >= 0.3 is 10.8 Å². The number of benzene rings is 1. The summed E-state index contributed by atoms with van der Waals surface area (Å²) < 4.78 is 12.3. The topological polar surface area (TPSA) is 57.5 Å². The molecule has 0 saturated carbocycles. The number of ether oxygens (including phenoxy) is 2. The number of fused-ring (bicyclic) bond motifs is 1. The number of hydrogen-bond donors (Lipinski definition) is 0. The summed E-state index contributed by atoms with van der Waals surface area (Å²) in [5, 5.41) is 0. The summed E-state index contributed by atoms with van der Waals surface area (Å²) in [6.45, 7) is 0.106. The van der Waals surface area contributed by atoms with Gasteiger partial charge in [0.05, 0.1) is 22.7 Å². The van der Waals surface area contributed by atoms with Gasteiger partial charge in [-0.25, -0.2) is 0 Å². The van der Waals surface area contributed by atoms with Gasteiger partial charge in [0, 0.05) is 7.11 Å². The number of halogens is 1. The lowest BCUT2D eigenvalue weighted by atomic mass is 10.3. The fraction of sp³-hybridized carbons (Fsp3) is 0.385. The van der Waals surface area contributed by atoms with Crippen LogP contribution in [0.3, 0.4) is 0 Å². The molecule has 5 nitrogen and oxygen atoms in total. The van der Waals surface area contributed by atoms with Crippen molar-refractivity contribution in [3.05, 3.63) is 33.9 Å². The van der Waals surface area contributed by atoms with E-state index in [1.54, 1.807) is 6.07 Å². The van der Waals surface area contributed by atoms with Gasteiger partial charge < -0.3 is 9.47 Å². The third kappa shape index (κ3) is 3.39. The molecule has 0 aliphatic rings. The number of thiazole rings is 1. The molecule has 0 bridgehead atoms. The molecule has 0 fully saturated rings. The smallest absolute Gasteiger partial charge is 0.326 e. The third-order valence-corrected chi connectivity index (χ3v) is 3.99. The van der Waals surface area contributed by atoms with E-state index in [9.17, 15) is 9.59 Å². The minimum absolute atomic E-state index is 0.125. The van der Waals surface area contributed by atoms with Crippen molar-refractivity contribution in [1.82, 2.24) is 4.57 Å². The van der Waals surface area contributed by atoms with E-state index in [0.29, 0.717) is 0 Å². The molecule has 0 amide bonds. The summed E-state index contributed by atoms with van der Waals surface area (Å²) in [4.78, 5) is 23.6. The van der Waals surface area contributed by atoms with Crippen molar-refractivity contribution in [3.63, 3.8) is 0 Å². The first kappa shape index (κ1) is 15.0. The molecule has 2 aromatic rings. The van der Waals surface area contributed by atoms with E-state index in [1.807, 2.05) is 18.2 Å². The number of para-hydroxylation sites is 1. The monoisotopic (exact) mass is 315 g/mol. The van der Waals surface area contributed by atoms with Gasteiger partial charge in [-0.1, -0.05) is 23.5 Å². The average molecular weight is 316 g/mol. The van der Waals surface area contributed by atoms with Crippen LogP contribution in [0.5, 0.6) is 0 Å². The first-order valence-electron chi connectivity index (χ1n) is 5.98. The predicted molar refractivity (Wildman–Crippen MR) is 78.6 cm³/mol. The number of esters is 1. The summed E-state index contributed by atoms with van der Waals surface area (Å²) in [6.07, 6.45) is -0.505. The quantitative estimate of drug-likeness (QED) is 0.603. The summed E-state index contributed by atoms with van der Waals surface area (Å²) in [6, 6.07) is 7.32. The second kappa shape index (κ2) is 6.88. The predicted octanol–water partition coefficient (Wildman–Crippen LogP) is 1.86. The Kier molecular flexibility index (Phi) is 5.17. The fourth-order valence-electron chi connectivity index (χ4n) is 1.81. The zero-order valence-corrected chi connectivity index (χ0v) is 12.4. The second-order valence-electron chi connectivity index (χ2n) is 4.14. The van der Waals surface area contributed by atoms with Crippen LogP contribution >= 0.6 is 22.9 Å². The van der Waals surface area contributed by atoms with Gasteiger partial charge in [-0.15, -0.1) is 11.6 Å². The van der Waals surface area contributed by atoms with E-state index < -0.39 is 12.1 Å². The first-order valence-corrected chi connectivity index (χ1v) is 7.33. The summed E-state index contributed by atoms with van der Waals surface area (Å²) in [7, 11) is 1.50. The standard InChI is InChI=1S/C13H14ClNO4S/c1-18-8-9(6-14)19-12(16)7-15-10-4-2-3-5-11(10)20-13(15)17/h2-5,9H,6-8H2,1H3/t9-/m1/s1. The molecule has 1 aromatic heterocycles. The number of alkyl halides is 1. The molecule has 20 heavy (non-hydrogen) atoms. The highest BCUT2D eigenvalue weighted by molar-refractivity contribution is 7.16. The van der Waals surface area contributed by atoms with Crippen molar-refractivity contribution in [1.29, 1.82) is 0 Å². The molecule has 108 valence electrons. The van der Waals surface area contributed by atoms with E-state index in [4.69, 9.17) is 21.1 Å². The molecule has 1 heterocycles. The Morgan fingerprint density at radius 2 is 2.20 bits per heavy atom. The molecular formula is C13H14ClNO4S. The maximum atomic E-state index is 11.9. The van der Waals surface area contributed by atoms with Crippen molar-refractivity contribution in [3.8, 4) is 0 Å².